The number of benzene rings is 2. The van der Waals surface area contributed by atoms with Gasteiger partial charge in [-0.25, -0.2) is 23.1 Å². The number of halogens is 4. The van der Waals surface area contributed by atoms with Crippen molar-refractivity contribution in [1.29, 1.82) is 0 Å². The molecule has 0 bridgehead atoms. The van der Waals surface area contributed by atoms with Gasteiger partial charge in [-0.3, -0.25) is 0 Å². The first kappa shape index (κ1) is 21.7. The second-order valence-electron chi connectivity index (χ2n) is 8.04. The maximum absolute atomic E-state index is 14.8. The minimum absolute atomic E-state index is 0.132. The second kappa shape index (κ2) is 8.99. The van der Waals surface area contributed by atoms with Crippen LogP contribution in [-0.2, 0) is 13.1 Å². The smallest absolute Gasteiger partial charge is 0.225 e. The highest BCUT2D eigenvalue weighted by molar-refractivity contribution is 6.33. The summed E-state index contributed by atoms with van der Waals surface area (Å²) in [5.74, 6) is -0.797. The van der Waals surface area contributed by atoms with E-state index in [1.165, 1.54) is 18.2 Å². The van der Waals surface area contributed by atoms with Crippen molar-refractivity contribution in [1.82, 2.24) is 24.8 Å². The highest BCUT2D eigenvalue weighted by atomic mass is 35.5. The number of imidazole rings is 1. The zero-order valence-corrected chi connectivity index (χ0v) is 18.2. The lowest BCUT2D eigenvalue weighted by Crippen LogP contribution is -2.16. The molecule has 1 saturated heterocycles. The summed E-state index contributed by atoms with van der Waals surface area (Å²) in [7, 11) is 0. The first-order valence-electron chi connectivity index (χ1n) is 10.5. The Morgan fingerprint density at radius 1 is 1.12 bits per heavy atom. The third-order valence-electron chi connectivity index (χ3n) is 5.65. The van der Waals surface area contributed by atoms with Gasteiger partial charge in [0.2, 0.25) is 5.95 Å². The van der Waals surface area contributed by atoms with E-state index in [1.54, 1.807) is 18.3 Å². The molecule has 1 unspecified atom stereocenters. The summed E-state index contributed by atoms with van der Waals surface area (Å²) >= 11 is 6.34. The normalized spacial score (nSPS) is 15.9. The first-order valence-corrected chi connectivity index (χ1v) is 10.9. The van der Waals surface area contributed by atoms with Gasteiger partial charge in [0.15, 0.2) is 5.65 Å². The first-order chi connectivity index (χ1) is 16.0. The Labute approximate surface area is 192 Å². The number of nitrogens with zero attached hydrogens (tertiary/aromatic N) is 4. The van der Waals surface area contributed by atoms with Crippen molar-refractivity contribution < 1.29 is 13.2 Å². The number of fused-ring (bicyclic) bond motifs is 1. The largest absolute Gasteiger partial charge is 0.350 e. The van der Waals surface area contributed by atoms with E-state index < -0.39 is 17.5 Å². The van der Waals surface area contributed by atoms with E-state index in [9.17, 15) is 13.2 Å². The molecule has 5 rings (SSSR count). The average Bonchev–Trinajstić information content (AvgIpc) is 3.40. The molecule has 0 aliphatic carbocycles. The molecular weight excluding hydrogens is 453 g/mol. The van der Waals surface area contributed by atoms with Crippen LogP contribution in [0, 0.1) is 23.4 Å². The fraction of sp³-hybridized carbons (Fsp3) is 0.261. The molecule has 1 atom stereocenters. The summed E-state index contributed by atoms with van der Waals surface area (Å²) in [6.07, 6.45) is 2.52. The van der Waals surface area contributed by atoms with Crippen LogP contribution < -0.4 is 10.6 Å². The van der Waals surface area contributed by atoms with Crippen LogP contribution in [0.3, 0.4) is 0 Å². The van der Waals surface area contributed by atoms with Crippen LogP contribution in [0.4, 0.5) is 19.1 Å². The van der Waals surface area contributed by atoms with Crippen molar-refractivity contribution in [3.8, 4) is 11.4 Å². The Balaban J connectivity index is 1.54. The molecule has 4 aromatic rings. The molecule has 3 heterocycles. The monoisotopic (exact) mass is 472 g/mol. The van der Waals surface area contributed by atoms with Crippen LogP contribution >= 0.6 is 11.6 Å². The molecule has 1 aliphatic heterocycles. The van der Waals surface area contributed by atoms with Gasteiger partial charge in [-0.2, -0.15) is 4.98 Å². The minimum atomic E-state index is -0.655. The molecule has 10 heteroatoms. The lowest BCUT2D eigenvalue weighted by atomic mass is 10.1. The predicted molar refractivity (Wildman–Crippen MR) is 120 cm³/mol. The van der Waals surface area contributed by atoms with E-state index in [0.29, 0.717) is 35.0 Å². The Kier molecular flexibility index (Phi) is 5.90. The Bertz CT molecular complexity index is 1280. The van der Waals surface area contributed by atoms with Crippen molar-refractivity contribution in [2.45, 2.75) is 19.5 Å². The van der Waals surface area contributed by atoms with Gasteiger partial charge >= 0.3 is 0 Å². The molecule has 0 amide bonds. The molecule has 0 spiro atoms. The predicted octanol–water partition coefficient (Wildman–Crippen LogP) is 4.79. The molecule has 2 N–H and O–H groups in total. The average molecular weight is 473 g/mol. The summed E-state index contributed by atoms with van der Waals surface area (Å²) in [6, 6.07) is 7.81. The molecule has 2 aromatic heterocycles. The van der Waals surface area contributed by atoms with Crippen LogP contribution in [0.15, 0.2) is 42.6 Å². The molecule has 1 aliphatic rings. The van der Waals surface area contributed by atoms with Crippen LogP contribution in [0.5, 0.6) is 0 Å². The molecule has 6 nitrogen and oxygen atoms in total. The molecule has 170 valence electrons. The summed E-state index contributed by atoms with van der Waals surface area (Å²) < 4.78 is 43.6. The number of rotatable bonds is 6. The summed E-state index contributed by atoms with van der Waals surface area (Å²) in [5, 5.41) is 6.58. The fourth-order valence-electron chi connectivity index (χ4n) is 4.10. The Morgan fingerprint density at radius 3 is 2.67 bits per heavy atom. The van der Waals surface area contributed by atoms with E-state index in [4.69, 9.17) is 11.6 Å². The van der Waals surface area contributed by atoms with Crippen molar-refractivity contribution >= 4 is 28.7 Å². The molecule has 33 heavy (non-hydrogen) atoms. The van der Waals surface area contributed by atoms with E-state index >= 15 is 0 Å². The fourth-order valence-corrected chi connectivity index (χ4v) is 4.35. The zero-order chi connectivity index (χ0) is 22.9. The number of nitrogens with one attached hydrogen (secondary N) is 2. The lowest BCUT2D eigenvalue weighted by Gasteiger charge is -2.14. The SMILES string of the molecule is Fc1cc(F)cc(CNc2ncc3nc(-c4c(F)cccc4Cl)n(CC4CCNC4)c3n2)c1. The highest BCUT2D eigenvalue weighted by Crippen LogP contribution is 2.33. The van der Waals surface area contributed by atoms with Gasteiger partial charge in [-0.1, -0.05) is 17.7 Å². The van der Waals surface area contributed by atoms with Crippen molar-refractivity contribution in [3.63, 3.8) is 0 Å². The van der Waals surface area contributed by atoms with Crippen LogP contribution in [0.1, 0.15) is 12.0 Å². The summed E-state index contributed by atoms with van der Waals surface area (Å²) in [4.78, 5) is 13.4. The molecular formula is C23H20ClF3N6. The van der Waals surface area contributed by atoms with E-state index in [-0.39, 0.29) is 23.1 Å². The third kappa shape index (κ3) is 4.51. The quantitative estimate of drug-likeness (QED) is 0.422. The topological polar surface area (TPSA) is 67.7 Å². The standard InChI is InChI=1S/C23H20ClF3N6/c24-17-2-1-3-18(27)20(17)22-31-19-11-30-23(29-10-14-6-15(25)8-16(26)7-14)32-21(19)33(22)12-13-4-5-28-9-13/h1-3,6-8,11,13,28H,4-5,9-10,12H2,(H,29,30,32). The van der Waals surface area contributed by atoms with E-state index in [0.717, 1.165) is 25.6 Å². The molecule has 2 aromatic carbocycles. The zero-order valence-electron chi connectivity index (χ0n) is 17.5. The van der Waals surface area contributed by atoms with Gasteiger partial charge in [0.25, 0.3) is 0 Å². The lowest BCUT2D eigenvalue weighted by molar-refractivity contribution is 0.489. The summed E-state index contributed by atoms with van der Waals surface area (Å²) in [5.41, 5.74) is 1.66. The second-order valence-corrected chi connectivity index (χ2v) is 8.44. The van der Waals surface area contributed by atoms with Crippen molar-refractivity contribution in [2.24, 2.45) is 5.92 Å². The number of anilines is 1. The molecule has 1 fully saturated rings. The number of hydrogen-bond acceptors (Lipinski definition) is 5. The maximum Gasteiger partial charge on any atom is 0.225 e. The third-order valence-corrected chi connectivity index (χ3v) is 5.97. The van der Waals surface area contributed by atoms with Crippen LogP contribution in [-0.4, -0.2) is 32.6 Å². The van der Waals surface area contributed by atoms with Gasteiger partial charge < -0.3 is 15.2 Å². The van der Waals surface area contributed by atoms with Gasteiger partial charge in [0.05, 0.1) is 16.8 Å². The van der Waals surface area contributed by atoms with Gasteiger partial charge in [-0.15, -0.1) is 0 Å². The number of aromatic nitrogens is 4. The van der Waals surface area contributed by atoms with Crippen molar-refractivity contribution in [2.75, 3.05) is 18.4 Å². The summed E-state index contributed by atoms with van der Waals surface area (Å²) in [6.45, 7) is 2.46. The number of hydrogen-bond donors (Lipinski definition) is 2. The van der Waals surface area contributed by atoms with Crippen LogP contribution in [0.2, 0.25) is 5.02 Å². The van der Waals surface area contributed by atoms with Gasteiger partial charge in [-0.05, 0) is 55.3 Å². The molecule has 0 radical (unpaired) electrons. The highest BCUT2D eigenvalue weighted by Gasteiger charge is 2.24. The minimum Gasteiger partial charge on any atom is -0.350 e. The van der Waals surface area contributed by atoms with E-state index in [1.807, 2.05) is 4.57 Å². The van der Waals surface area contributed by atoms with Gasteiger partial charge in [0, 0.05) is 19.2 Å². The molecule has 0 saturated carbocycles. The van der Waals surface area contributed by atoms with Gasteiger partial charge in [0.1, 0.15) is 28.8 Å². The van der Waals surface area contributed by atoms with E-state index in [2.05, 4.69) is 25.6 Å². The maximum atomic E-state index is 14.8. The van der Waals surface area contributed by atoms with Crippen molar-refractivity contribution in [3.05, 3.63) is 70.6 Å². The van der Waals surface area contributed by atoms with Crippen LogP contribution in [0.25, 0.3) is 22.6 Å². The Hall–Kier alpha value is -3.17. The Morgan fingerprint density at radius 2 is 1.94 bits per heavy atom.